The van der Waals surface area contributed by atoms with Gasteiger partial charge in [-0.15, -0.1) is 0 Å². The second-order valence-corrected chi connectivity index (χ2v) is 11.0. The van der Waals surface area contributed by atoms with Gasteiger partial charge >= 0.3 is 12.4 Å². The molecule has 1 amide bonds. The van der Waals surface area contributed by atoms with Crippen LogP contribution in [0.25, 0.3) is 28.2 Å². The van der Waals surface area contributed by atoms with Crippen LogP contribution in [0.1, 0.15) is 54.0 Å². The minimum Gasteiger partial charge on any atom is -0.507 e. The zero-order valence-corrected chi connectivity index (χ0v) is 24.2. The normalized spacial score (nSPS) is 13.2. The van der Waals surface area contributed by atoms with E-state index in [9.17, 15) is 36.2 Å². The summed E-state index contributed by atoms with van der Waals surface area (Å²) < 4.78 is 85.4. The lowest BCUT2D eigenvalue weighted by Gasteiger charge is -2.38. The highest BCUT2D eigenvalue weighted by Gasteiger charge is 2.54. The number of alkyl halides is 6. The van der Waals surface area contributed by atoms with E-state index in [1.807, 2.05) is 0 Å². The number of carbonyl (C=O) groups excluding carboxylic acids is 1. The number of phenols is 1. The molecule has 0 saturated carbocycles. The molecule has 5 rings (SSSR count). The molecule has 1 unspecified atom stereocenters. The molecule has 0 aliphatic carbocycles. The number of phenolic OH excluding ortho intramolecular Hbond substituents is 1. The number of halogens is 6. The second-order valence-electron chi connectivity index (χ2n) is 11.0. The second kappa shape index (κ2) is 11.5. The molecule has 5 aromatic rings. The maximum Gasteiger partial charge on any atom is 0.434 e. The Morgan fingerprint density at radius 3 is 2.36 bits per heavy atom. The van der Waals surface area contributed by atoms with Crippen molar-refractivity contribution in [1.82, 2.24) is 24.9 Å². The van der Waals surface area contributed by atoms with Gasteiger partial charge in [0.2, 0.25) is 0 Å². The van der Waals surface area contributed by atoms with Crippen LogP contribution in [0, 0.1) is 5.41 Å². The molecule has 2 aromatic carbocycles. The van der Waals surface area contributed by atoms with Gasteiger partial charge in [0.15, 0.2) is 11.3 Å². The van der Waals surface area contributed by atoms with Gasteiger partial charge in [0.25, 0.3) is 5.91 Å². The molecule has 1 atom stereocenters. The molecule has 13 heteroatoms. The number of nitrogens with one attached hydrogen (secondary N) is 1. The van der Waals surface area contributed by atoms with Crippen molar-refractivity contribution in [3.63, 3.8) is 0 Å². The van der Waals surface area contributed by atoms with Gasteiger partial charge in [-0.2, -0.15) is 31.4 Å². The Morgan fingerprint density at radius 2 is 1.69 bits per heavy atom. The highest BCUT2D eigenvalue weighted by atomic mass is 19.4. The summed E-state index contributed by atoms with van der Waals surface area (Å²) in [5.41, 5.74) is -2.26. The fourth-order valence-corrected chi connectivity index (χ4v) is 5.03. The van der Waals surface area contributed by atoms with Crippen LogP contribution in [0.2, 0.25) is 0 Å². The molecule has 3 heterocycles. The van der Waals surface area contributed by atoms with E-state index < -0.39 is 35.4 Å². The number of hydrogen-bond acceptors (Lipinski definition) is 5. The molecule has 234 valence electrons. The maximum atomic E-state index is 14.5. The summed E-state index contributed by atoms with van der Waals surface area (Å²) in [7, 11) is 0. The highest BCUT2D eigenvalue weighted by Crippen LogP contribution is 2.48. The standard InChI is InChI=1S/C32H27F6N5O2/c1-4-18-11-12-19(16-22(18)27(30(2,3)32(36,37)38)41-29(45)21-8-5-6-10-25(21)44)24-17-43-26(40-24)14-13-23(42-43)20-9-7-15-39-28(20)31(33,34)35/h5-17,27,44H,4H2,1-3H3,(H,41,45). The van der Waals surface area contributed by atoms with Crippen molar-refractivity contribution < 1.29 is 36.2 Å². The van der Waals surface area contributed by atoms with Crippen LogP contribution < -0.4 is 5.32 Å². The number of benzene rings is 2. The molecular weight excluding hydrogens is 600 g/mol. The quantitative estimate of drug-likeness (QED) is 0.180. The van der Waals surface area contributed by atoms with Crippen LogP contribution in [-0.4, -0.2) is 36.8 Å². The molecule has 0 spiro atoms. The van der Waals surface area contributed by atoms with Crippen molar-refractivity contribution in [2.24, 2.45) is 5.41 Å². The molecule has 0 radical (unpaired) electrons. The first kappa shape index (κ1) is 31.5. The molecule has 2 N–H and O–H groups in total. The van der Waals surface area contributed by atoms with Gasteiger partial charge in [-0.25, -0.2) is 9.50 Å². The lowest BCUT2D eigenvalue weighted by atomic mass is 9.77. The van der Waals surface area contributed by atoms with Gasteiger partial charge in [0, 0.05) is 17.3 Å². The zero-order chi connectivity index (χ0) is 32.7. The third-order valence-corrected chi connectivity index (χ3v) is 7.68. The van der Waals surface area contributed by atoms with Crippen molar-refractivity contribution in [1.29, 1.82) is 0 Å². The maximum absolute atomic E-state index is 14.5. The Kier molecular flexibility index (Phi) is 8.06. The van der Waals surface area contributed by atoms with E-state index in [2.05, 4.69) is 20.4 Å². The summed E-state index contributed by atoms with van der Waals surface area (Å²) in [5, 5.41) is 17.0. The summed E-state index contributed by atoms with van der Waals surface area (Å²) in [6.07, 6.45) is -6.61. The van der Waals surface area contributed by atoms with E-state index in [1.165, 1.54) is 65.3 Å². The fourth-order valence-electron chi connectivity index (χ4n) is 5.03. The van der Waals surface area contributed by atoms with Crippen molar-refractivity contribution in [3.05, 3.63) is 102 Å². The summed E-state index contributed by atoms with van der Waals surface area (Å²) in [6.45, 7) is 3.74. The average molecular weight is 628 g/mol. The van der Waals surface area contributed by atoms with Gasteiger partial charge < -0.3 is 10.4 Å². The first-order chi connectivity index (χ1) is 21.1. The van der Waals surface area contributed by atoms with Gasteiger partial charge in [-0.05, 0) is 73.9 Å². The molecule has 0 aliphatic heterocycles. The van der Waals surface area contributed by atoms with Gasteiger partial charge in [-0.1, -0.05) is 31.2 Å². The number of nitrogens with zero attached hydrogens (tertiary/aromatic N) is 4. The Hall–Kier alpha value is -4.94. The Balaban J connectivity index is 1.60. The summed E-state index contributed by atoms with van der Waals surface area (Å²) >= 11 is 0. The number of aromatic hydroxyl groups is 1. The molecule has 0 bridgehead atoms. The predicted octanol–water partition coefficient (Wildman–Crippen LogP) is 7.80. The number of carbonyl (C=O) groups is 1. The Labute approximate surface area is 253 Å². The molecule has 3 aromatic heterocycles. The number of amides is 1. The Bertz CT molecular complexity index is 1880. The topological polar surface area (TPSA) is 92.4 Å². The fraction of sp³-hybridized carbons (Fsp3) is 0.250. The van der Waals surface area contributed by atoms with Gasteiger partial charge in [0.05, 0.1) is 34.6 Å². The first-order valence-corrected chi connectivity index (χ1v) is 13.8. The molecule has 7 nitrogen and oxygen atoms in total. The minimum atomic E-state index is -4.74. The number of imidazole rings is 1. The number of pyridine rings is 1. The smallest absolute Gasteiger partial charge is 0.434 e. The highest BCUT2D eigenvalue weighted by molar-refractivity contribution is 5.97. The van der Waals surface area contributed by atoms with E-state index in [1.54, 1.807) is 19.1 Å². The van der Waals surface area contributed by atoms with E-state index in [0.29, 0.717) is 23.2 Å². The number of hydrogen-bond donors (Lipinski definition) is 2. The monoisotopic (exact) mass is 627 g/mol. The number of aryl methyl sites for hydroxylation is 1. The molecular formula is C32H27F6N5O2. The summed E-state index contributed by atoms with van der Waals surface area (Å²) in [5.74, 6) is -1.27. The van der Waals surface area contributed by atoms with Crippen LogP contribution in [-0.2, 0) is 12.6 Å². The lowest BCUT2D eigenvalue weighted by molar-refractivity contribution is -0.221. The van der Waals surface area contributed by atoms with Crippen LogP contribution in [0.5, 0.6) is 5.75 Å². The Morgan fingerprint density at radius 1 is 0.956 bits per heavy atom. The van der Waals surface area contributed by atoms with Crippen LogP contribution >= 0.6 is 0 Å². The number of fused-ring (bicyclic) bond motifs is 1. The molecule has 45 heavy (non-hydrogen) atoms. The zero-order valence-electron chi connectivity index (χ0n) is 24.2. The van der Waals surface area contributed by atoms with Crippen molar-refractivity contribution in [2.75, 3.05) is 0 Å². The third kappa shape index (κ3) is 6.06. The SMILES string of the molecule is CCc1ccc(-c2cn3nc(-c4cccnc4C(F)(F)F)ccc3n2)cc1C(NC(=O)c1ccccc1O)C(C)(C)C(F)(F)F. The van der Waals surface area contributed by atoms with Crippen LogP contribution in [0.4, 0.5) is 26.3 Å². The summed E-state index contributed by atoms with van der Waals surface area (Å²) in [4.78, 5) is 21.2. The number of rotatable bonds is 7. The summed E-state index contributed by atoms with van der Waals surface area (Å²) in [6, 6.07) is 14.2. The first-order valence-electron chi connectivity index (χ1n) is 13.8. The molecule has 0 saturated heterocycles. The van der Waals surface area contributed by atoms with Gasteiger partial charge in [-0.3, -0.25) is 9.78 Å². The van der Waals surface area contributed by atoms with Crippen molar-refractivity contribution in [2.45, 2.75) is 45.6 Å². The van der Waals surface area contributed by atoms with Crippen LogP contribution in [0.15, 0.2) is 79.1 Å². The minimum absolute atomic E-state index is 0.00670. The largest absolute Gasteiger partial charge is 0.507 e. The predicted molar refractivity (Wildman–Crippen MR) is 154 cm³/mol. The average Bonchev–Trinajstić information content (AvgIpc) is 3.42. The van der Waals surface area contributed by atoms with E-state index in [4.69, 9.17) is 0 Å². The van der Waals surface area contributed by atoms with Crippen LogP contribution in [0.3, 0.4) is 0 Å². The third-order valence-electron chi connectivity index (χ3n) is 7.68. The van der Waals surface area contributed by atoms with Crippen molar-refractivity contribution in [3.8, 4) is 28.3 Å². The lowest BCUT2D eigenvalue weighted by Crippen LogP contribution is -2.46. The van der Waals surface area contributed by atoms with E-state index >= 15 is 0 Å². The van der Waals surface area contributed by atoms with E-state index in [-0.39, 0.29) is 33.8 Å². The van der Waals surface area contributed by atoms with Crippen molar-refractivity contribution >= 4 is 11.6 Å². The molecule has 0 aliphatic rings. The molecule has 0 fully saturated rings. The number of para-hydroxylation sites is 1. The van der Waals surface area contributed by atoms with E-state index in [0.717, 1.165) is 20.0 Å². The van der Waals surface area contributed by atoms with Gasteiger partial charge in [0.1, 0.15) is 5.75 Å². The number of aromatic nitrogens is 4.